The minimum absolute atomic E-state index is 0.0473. The maximum Gasteiger partial charge on any atom is 0.341 e. The van der Waals surface area contributed by atoms with Crippen LogP contribution < -0.4 is 10.1 Å². The molecule has 108 valence electrons. The highest BCUT2D eigenvalue weighted by atomic mass is 16.5. The molecular formula is C15H19NO4. The van der Waals surface area contributed by atoms with E-state index in [0.717, 1.165) is 30.5 Å². The Labute approximate surface area is 117 Å². The van der Waals surface area contributed by atoms with Crippen LogP contribution in [0.1, 0.15) is 31.7 Å². The molecule has 0 heterocycles. The molecule has 0 aliphatic heterocycles. The second-order valence-corrected chi connectivity index (χ2v) is 5.53. The quantitative estimate of drug-likeness (QED) is 0.867. The molecular weight excluding hydrogens is 258 g/mol. The number of nitrogens with one attached hydrogen (secondary N) is 1. The third kappa shape index (κ3) is 3.10. The van der Waals surface area contributed by atoms with Crippen molar-refractivity contribution in [1.82, 2.24) is 0 Å². The van der Waals surface area contributed by atoms with Crippen LogP contribution in [-0.4, -0.2) is 23.6 Å². The van der Waals surface area contributed by atoms with E-state index in [2.05, 4.69) is 5.32 Å². The smallest absolute Gasteiger partial charge is 0.341 e. The van der Waals surface area contributed by atoms with Crippen molar-refractivity contribution in [2.75, 3.05) is 11.9 Å². The van der Waals surface area contributed by atoms with Crippen LogP contribution >= 0.6 is 0 Å². The highest BCUT2D eigenvalue weighted by Crippen LogP contribution is 2.41. The zero-order chi connectivity index (χ0) is 14.8. The van der Waals surface area contributed by atoms with Gasteiger partial charge in [-0.3, -0.25) is 4.79 Å². The molecule has 1 aromatic rings. The molecule has 5 heteroatoms. The van der Waals surface area contributed by atoms with Gasteiger partial charge in [-0.2, -0.15) is 0 Å². The second kappa shape index (κ2) is 5.53. The highest BCUT2D eigenvalue weighted by Gasteiger charge is 2.39. The molecule has 0 radical (unpaired) electrons. The predicted octanol–water partition coefficient (Wildman–Crippen LogP) is 2.59. The summed E-state index contributed by atoms with van der Waals surface area (Å²) >= 11 is 0. The Kier molecular flexibility index (Phi) is 3.97. The predicted molar refractivity (Wildman–Crippen MR) is 74.9 cm³/mol. The molecule has 1 amide bonds. The van der Waals surface area contributed by atoms with Gasteiger partial charge in [-0.15, -0.1) is 0 Å². The normalized spacial score (nSPS) is 16.1. The minimum atomic E-state index is -1.02. The summed E-state index contributed by atoms with van der Waals surface area (Å²) in [5.41, 5.74) is 1.35. The van der Waals surface area contributed by atoms with E-state index in [4.69, 9.17) is 9.84 Å². The van der Waals surface area contributed by atoms with E-state index in [9.17, 15) is 9.59 Å². The summed E-state index contributed by atoms with van der Waals surface area (Å²) in [7, 11) is 0. The lowest BCUT2D eigenvalue weighted by Gasteiger charge is -2.36. The number of carboxylic acid groups (broad SMARTS) is 1. The molecule has 1 aromatic carbocycles. The number of hydrogen-bond acceptors (Lipinski definition) is 3. The third-order valence-electron chi connectivity index (χ3n) is 3.81. The van der Waals surface area contributed by atoms with Crippen LogP contribution in [0.5, 0.6) is 5.75 Å². The van der Waals surface area contributed by atoms with E-state index in [0.29, 0.717) is 5.75 Å². The first-order valence-electron chi connectivity index (χ1n) is 6.67. The van der Waals surface area contributed by atoms with E-state index in [1.807, 2.05) is 13.8 Å². The van der Waals surface area contributed by atoms with Crippen molar-refractivity contribution in [3.63, 3.8) is 0 Å². The van der Waals surface area contributed by atoms with Gasteiger partial charge >= 0.3 is 5.97 Å². The van der Waals surface area contributed by atoms with Gasteiger partial charge in [0, 0.05) is 11.1 Å². The Morgan fingerprint density at radius 2 is 2.10 bits per heavy atom. The molecule has 0 atom stereocenters. The van der Waals surface area contributed by atoms with Crippen molar-refractivity contribution in [2.45, 2.75) is 33.1 Å². The first-order chi connectivity index (χ1) is 9.40. The number of aryl methyl sites for hydroxylation is 1. The van der Waals surface area contributed by atoms with Gasteiger partial charge in [0.1, 0.15) is 5.75 Å². The van der Waals surface area contributed by atoms with Crippen molar-refractivity contribution in [1.29, 1.82) is 0 Å². The molecule has 0 spiro atoms. The summed E-state index contributed by atoms with van der Waals surface area (Å²) in [6.45, 7) is 3.46. The van der Waals surface area contributed by atoms with Crippen LogP contribution in [0.25, 0.3) is 0 Å². The summed E-state index contributed by atoms with van der Waals surface area (Å²) in [5.74, 6) is -0.484. The summed E-state index contributed by atoms with van der Waals surface area (Å²) in [4.78, 5) is 22.6. The maximum absolute atomic E-state index is 12.1. The van der Waals surface area contributed by atoms with E-state index < -0.39 is 5.97 Å². The lowest BCUT2D eigenvalue weighted by atomic mass is 9.70. The maximum atomic E-state index is 12.1. The van der Waals surface area contributed by atoms with Crippen molar-refractivity contribution >= 4 is 17.6 Å². The van der Waals surface area contributed by atoms with Crippen LogP contribution in [0, 0.1) is 12.3 Å². The number of benzene rings is 1. The van der Waals surface area contributed by atoms with E-state index in [1.54, 1.807) is 18.2 Å². The topological polar surface area (TPSA) is 75.6 Å². The highest BCUT2D eigenvalue weighted by molar-refractivity contribution is 5.96. The van der Waals surface area contributed by atoms with Gasteiger partial charge in [-0.25, -0.2) is 4.79 Å². The Morgan fingerprint density at radius 3 is 2.60 bits per heavy atom. The van der Waals surface area contributed by atoms with Crippen LogP contribution in [0.4, 0.5) is 5.69 Å². The number of hydrogen-bond donors (Lipinski definition) is 2. The van der Waals surface area contributed by atoms with Gasteiger partial charge in [0.15, 0.2) is 6.61 Å². The van der Waals surface area contributed by atoms with Gasteiger partial charge in [0.2, 0.25) is 5.91 Å². The first-order valence-corrected chi connectivity index (χ1v) is 6.67. The largest absolute Gasteiger partial charge is 0.482 e. The molecule has 2 rings (SSSR count). The average Bonchev–Trinajstić information content (AvgIpc) is 2.36. The first kappa shape index (κ1) is 14.4. The lowest BCUT2D eigenvalue weighted by molar-refractivity contribution is -0.139. The number of anilines is 1. The van der Waals surface area contributed by atoms with E-state index >= 15 is 0 Å². The molecule has 1 saturated carbocycles. The Balaban J connectivity index is 2.02. The molecule has 1 aliphatic carbocycles. The number of amides is 1. The Hall–Kier alpha value is -2.04. The molecule has 0 saturated heterocycles. The zero-order valence-electron chi connectivity index (χ0n) is 11.7. The fourth-order valence-electron chi connectivity index (χ4n) is 2.22. The van der Waals surface area contributed by atoms with Gasteiger partial charge in [-0.05, 0) is 43.5 Å². The number of carboxylic acids is 1. The molecule has 0 unspecified atom stereocenters. The fourth-order valence-corrected chi connectivity index (χ4v) is 2.22. The van der Waals surface area contributed by atoms with E-state index in [1.165, 1.54) is 0 Å². The standard InChI is InChI=1S/C15H19NO4/c1-10-8-11(20-9-13(17)18)4-5-12(10)16-14(19)15(2)6-3-7-15/h4-5,8H,3,6-7,9H2,1-2H3,(H,16,19)(H,17,18). The Bertz CT molecular complexity index is 535. The molecule has 0 aromatic heterocycles. The van der Waals surface area contributed by atoms with Crippen molar-refractivity contribution < 1.29 is 19.4 Å². The average molecular weight is 277 g/mol. The van der Waals surface area contributed by atoms with Crippen LogP contribution in [0.3, 0.4) is 0 Å². The van der Waals surface area contributed by atoms with Gasteiger partial charge < -0.3 is 15.2 Å². The minimum Gasteiger partial charge on any atom is -0.482 e. The summed E-state index contributed by atoms with van der Waals surface area (Å²) in [6.07, 6.45) is 2.96. The van der Waals surface area contributed by atoms with Crippen LogP contribution in [-0.2, 0) is 9.59 Å². The van der Waals surface area contributed by atoms with Gasteiger partial charge in [0.25, 0.3) is 0 Å². The van der Waals surface area contributed by atoms with Crippen LogP contribution in [0.15, 0.2) is 18.2 Å². The van der Waals surface area contributed by atoms with Gasteiger partial charge in [0.05, 0.1) is 0 Å². The Morgan fingerprint density at radius 1 is 1.40 bits per heavy atom. The number of aliphatic carboxylic acids is 1. The SMILES string of the molecule is Cc1cc(OCC(=O)O)ccc1NC(=O)C1(C)CCC1. The number of carbonyl (C=O) groups is 2. The summed E-state index contributed by atoms with van der Waals surface area (Å²) < 4.78 is 5.10. The van der Waals surface area contributed by atoms with Crippen molar-refractivity contribution in [3.8, 4) is 5.75 Å². The van der Waals surface area contributed by atoms with Crippen molar-refractivity contribution in [2.24, 2.45) is 5.41 Å². The molecule has 1 aliphatic rings. The van der Waals surface area contributed by atoms with E-state index in [-0.39, 0.29) is 17.9 Å². The van der Waals surface area contributed by atoms with Gasteiger partial charge in [-0.1, -0.05) is 13.3 Å². The molecule has 20 heavy (non-hydrogen) atoms. The molecule has 5 nitrogen and oxygen atoms in total. The summed E-state index contributed by atoms with van der Waals surface area (Å²) in [5, 5.41) is 11.5. The second-order valence-electron chi connectivity index (χ2n) is 5.53. The molecule has 0 bridgehead atoms. The summed E-state index contributed by atoms with van der Waals surface area (Å²) in [6, 6.07) is 5.13. The molecule has 2 N–H and O–H groups in total. The number of ether oxygens (including phenoxy) is 1. The number of carbonyl (C=O) groups excluding carboxylic acids is 1. The zero-order valence-corrected chi connectivity index (χ0v) is 11.7. The van der Waals surface area contributed by atoms with Crippen molar-refractivity contribution in [3.05, 3.63) is 23.8 Å². The van der Waals surface area contributed by atoms with Crippen LogP contribution in [0.2, 0.25) is 0 Å². The number of rotatable bonds is 5. The third-order valence-corrected chi connectivity index (χ3v) is 3.81. The molecule has 1 fully saturated rings. The monoisotopic (exact) mass is 277 g/mol. The lowest BCUT2D eigenvalue weighted by Crippen LogP contribution is -2.39. The fraction of sp³-hybridized carbons (Fsp3) is 0.467.